The summed E-state index contributed by atoms with van der Waals surface area (Å²) < 4.78 is 0. The van der Waals surface area contributed by atoms with Crippen molar-refractivity contribution in [3.8, 4) is 0 Å². The second kappa shape index (κ2) is 5.36. The average molecular weight is 257 g/mol. The van der Waals surface area contributed by atoms with Crippen LogP contribution in [0.25, 0.3) is 0 Å². The maximum Gasteiger partial charge on any atom is 0.223 e. The van der Waals surface area contributed by atoms with Gasteiger partial charge in [0.25, 0.3) is 0 Å². The number of carbonyl (C=O) groups excluding carboxylic acids is 1. The van der Waals surface area contributed by atoms with Crippen LogP contribution in [-0.4, -0.2) is 23.4 Å². The summed E-state index contributed by atoms with van der Waals surface area (Å²) in [5.74, 6) is 1.46. The minimum absolute atomic E-state index is 0.392. The van der Waals surface area contributed by atoms with Crippen LogP contribution >= 0.6 is 0 Å². The molecule has 1 amide bonds. The second-order valence-electron chi connectivity index (χ2n) is 5.96. The third kappa shape index (κ3) is 2.29. The summed E-state index contributed by atoms with van der Waals surface area (Å²) in [6.07, 6.45) is 5.48. The molecule has 2 saturated heterocycles. The van der Waals surface area contributed by atoms with Crippen LogP contribution in [0.3, 0.4) is 0 Å². The molecular weight excluding hydrogens is 234 g/mol. The van der Waals surface area contributed by atoms with Crippen LogP contribution in [-0.2, 0) is 4.79 Å². The zero-order valence-electron chi connectivity index (χ0n) is 11.7. The van der Waals surface area contributed by atoms with Crippen molar-refractivity contribution in [3.63, 3.8) is 0 Å². The summed E-state index contributed by atoms with van der Waals surface area (Å²) in [7, 11) is 0. The molecule has 2 nitrogen and oxygen atoms in total. The Labute approximate surface area is 115 Å². The van der Waals surface area contributed by atoms with E-state index in [-0.39, 0.29) is 0 Å². The topological polar surface area (TPSA) is 20.3 Å². The summed E-state index contributed by atoms with van der Waals surface area (Å²) >= 11 is 0. The van der Waals surface area contributed by atoms with Crippen molar-refractivity contribution < 1.29 is 4.79 Å². The quantitative estimate of drug-likeness (QED) is 0.793. The Morgan fingerprint density at radius 2 is 2.00 bits per heavy atom. The van der Waals surface area contributed by atoms with Gasteiger partial charge >= 0.3 is 0 Å². The van der Waals surface area contributed by atoms with Gasteiger partial charge in [0.05, 0.1) is 0 Å². The van der Waals surface area contributed by atoms with Gasteiger partial charge in [-0.3, -0.25) is 4.79 Å². The smallest absolute Gasteiger partial charge is 0.223 e. The van der Waals surface area contributed by atoms with E-state index in [9.17, 15) is 4.79 Å². The Balaban J connectivity index is 1.95. The molecule has 0 aliphatic carbocycles. The van der Waals surface area contributed by atoms with Gasteiger partial charge in [-0.15, -0.1) is 0 Å². The number of benzene rings is 1. The first-order chi connectivity index (χ1) is 9.31. The molecule has 0 bridgehead atoms. The molecule has 2 aliphatic heterocycles. The number of nitrogens with zero attached hydrogens (tertiary/aromatic N) is 1. The van der Waals surface area contributed by atoms with E-state index in [0.29, 0.717) is 23.8 Å². The van der Waals surface area contributed by atoms with Gasteiger partial charge in [0.15, 0.2) is 0 Å². The number of piperidine rings is 2. The number of hydrogen-bond donors (Lipinski definition) is 0. The third-order valence-electron chi connectivity index (χ3n) is 4.94. The van der Waals surface area contributed by atoms with Crippen LogP contribution in [0, 0.1) is 5.92 Å². The molecular formula is C17H23NO. The molecule has 0 aromatic heterocycles. The molecule has 0 radical (unpaired) electrons. The molecule has 102 valence electrons. The summed E-state index contributed by atoms with van der Waals surface area (Å²) in [5.41, 5.74) is 1.43. The number of rotatable bonds is 2. The lowest BCUT2D eigenvalue weighted by Gasteiger charge is -2.48. The predicted octanol–water partition coefficient (Wildman–Crippen LogP) is 3.58. The monoisotopic (exact) mass is 257 g/mol. The largest absolute Gasteiger partial charge is 0.339 e. The highest BCUT2D eigenvalue weighted by Crippen LogP contribution is 2.42. The lowest BCUT2D eigenvalue weighted by atomic mass is 9.71. The molecule has 2 fully saturated rings. The van der Waals surface area contributed by atoms with Crippen molar-refractivity contribution in [2.75, 3.05) is 6.54 Å². The van der Waals surface area contributed by atoms with E-state index in [1.165, 1.54) is 24.8 Å². The Kier molecular flexibility index (Phi) is 3.58. The van der Waals surface area contributed by atoms with E-state index >= 15 is 0 Å². The van der Waals surface area contributed by atoms with Crippen LogP contribution in [0.5, 0.6) is 0 Å². The summed E-state index contributed by atoms with van der Waals surface area (Å²) in [6, 6.07) is 11.3. The molecule has 19 heavy (non-hydrogen) atoms. The van der Waals surface area contributed by atoms with Crippen LogP contribution in [0.15, 0.2) is 30.3 Å². The fraction of sp³-hybridized carbons (Fsp3) is 0.588. The van der Waals surface area contributed by atoms with Crippen molar-refractivity contribution in [1.29, 1.82) is 0 Å². The maximum atomic E-state index is 12.3. The summed E-state index contributed by atoms with van der Waals surface area (Å²) in [4.78, 5) is 14.5. The zero-order chi connectivity index (χ0) is 13.2. The normalized spacial score (nSPS) is 31.1. The molecule has 2 aliphatic rings. The van der Waals surface area contributed by atoms with E-state index in [1.807, 2.05) is 0 Å². The molecule has 2 heteroatoms. The first-order valence-electron chi connectivity index (χ1n) is 7.65. The Hall–Kier alpha value is -1.31. The molecule has 1 aromatic carbocycles. The van der Waals surface area contributed by atoms with Gasteiger partial charge in [0, 0.05) is 24.9 Å². The number of fused-ring (bicyclic) bond motifs is 1. The van der Waals surface area contributed by atoms with Gasteiger partial charge in [0.2, 0.25) is 5.91 Å². The highest BCUT2D eigenvalue weighted by atomic mass is 16.2. The van der Waals surface area contributed by atoms with Gasteiger partial charge < -0.3 is 4.90 Å². The van der Waals surface area contributed by atoms with Crippen LogP contribution in [0.2, 0.25) is 0 Å². The van der Waals surface area contributed by atoms with Gasteiger partial charge in [-0.25, -0.2) is 0 Å². The maximum absolute atomic E-state index is 12.3. The fourth-order valence-corrected chi connectivity index (χ4v) is 3.99. The van der Waals surface area contributed by atoms with E-state index in [2.05, 4.69) is 42.2 Å². The standard InChI is InChI=1S/C17H23NO/c1-2-13-12-16(19)18-11-7-6-10-15(18)17(13)14-8-4-3-5-9-14/h3-5,8-9,13,15,17H,2,6-7,10-12H2,1H3/t13?,15-,17-/m1/s1. The second-order valence-corrected chi connectivity index (χ2v) is 5.96. The molecule has 3 rings (SSSR count). The fourth-order valence-electron chi connectivity index (χ4n) is 3.99. The van der Waals surface area contributed by atoms with Gasteiger partial charge in [-0.05, 0) is 30.7 Å². The third-order valence-corrected chi connectivity index (χ3v) is 4.94. The van der Waals surface area contributed by atoms with E-state index in [1.54, 1.807) is 0 Å². The highest BCUT2D eigenvalue weighted by molar-refractivity contribution is 5.78. The van der Waals surface area contributed by atoms with Crippen LogP contribution in [0.4, 0.5) is 0 Å². The van der Waals surface area contributed by atoms with E-state index in [4.69, 9.17) is 0 Å². The van der Waals surface area contributed by atoms with E-state index in [0.717, 1.165) is 19.4 Å². The Bertz CT molecular complexity index is 442. The molecule has 0 N–H and O–H groups in total. The molecule has 0 saturated carbocycles. The lowest BCUT2D eigenvalue weighted by Crippen LogP contribution is -2.53. The van der Waals surface area contributed by atoms with Crippen LogP contribution < -0.4 is 0 Å². The van der Waals surface area contributed by atoms with Crippen molar-refractivity contribution in [2.45, 2.75) is 51.0 Å². The molecule has 1 aromatic rings. The zero-order valence-corrected chi connectivity index (χ0v) is 11.7. The molecule has 2 heterocycles. The average Bonchev–Trinajstić information content (AvgIpc) is 2.48. The number of amides is 1. The summed E-state index contributed by atoms with van der Waals surface area (Å²) in [5, 5.41) is 0. The van der Waals surface area contributed by atoms with Crippen LogP contribution in [0.1, 0.15) is 50.5 Å². The van der Waals surface area contributed by atoms with Crippen molar-refractivity contribution in [1.82, 2.24) is 4.90 Å². The minimum Gasteiger partial charge on any atom is -0.339 e. The molecule has 1 unspecified atom stereocenters. The lowest BCUT2D eigenvalue weighted by molar-refractivity contribution is -0.141. The SMILES string of the molecule is CCC1CC(=O)N2CCCC[C@@H]2[C@H]1c1ccccc1. The first-order valence-corrected chi connectivity index (χ1v) is 7.65. The Morgan fingerprint density at radius 1 is 1.21 bits per heavy atom. The van der Waals surface area contributed by atoms with Gasteiger partial charge in [0.1, 0.15) is 0 Å². The number of hydrogen-bond acceptors (Lipinski definition) is 1. The first kappa shape index (κ1) is 12.7. The molecule has 0 spiro atoms. The highest BCUT2D eigenvalue weighted by Gasteiger charge is 2.42. The predicted molar refractivity (Wildman–Crippen MR) is 76.9 cm³/mol. The van der Waals surface area contributed by atoms with Gasteiger partial charge in [-0.1, -0.05) is 43.7 Å². The minimum atomic E-state index is 0.392. The van der Waals surface area contributed by atoms with Gasteiger partial charge in [-0.2, -0.15) is 0 Å². The summed E-state index contributed by atoms with van der Waals surface area (Å²) in [6.45, 7) is 3.20. The van der Waals surface area contributed by atoms with Crippen molar-refractivity contribution in [3.05, 3.63) is 35.9 Å². The Morgan fingerprint density at radius 3 is 2.74 bits per heavy atom. The van der Waals surface area contributed by atoms with Crippen molar-refractivity contribution in [2.24, 2.45) is 5.92 Å². The van der Waals surface area contributed by atoms with Crippen molar-refractivity contribution >= 4 is 5.91 Å². The van der Waals surface area contributed by atoms with E-state index < -0.39 is 0 Å². The molecule has 3 atom stereocenters. The number of carbonyl (C=O) groups is 1.